The standard InChI is InChI=1S/C29H28N2O6/c1-3-6-21-17-31-24(14-9-18(2)28(31)30-21)27(37-26(34)16-15-25(32)33)20-12-10-19(11-13-20)22-7-4-5-8-23(22)29(35)36/h4-5,7-14,17,27H,3,6,15-16H2,1-2H3,(H,32,33)(H,35,36). The van der Waals surface area contributed by atoms with Crippen molar-refractivity contribution in [2.45, 2.75) is 45.6 Å². The third kappa shape index (κ3) is 5.69. The number of aromatic nitrogens is 2. The molecular weight excluding hydrogens is 472 g/mol. The smallest absolute Gasteiger partial charge is 0.336 e. The van der Waals surface area contributed by atoms with E-state index in [4.69, 9.17) is 14.8 Å². The molecule has 0 bridgehead atoms. The minimum Gasteiger partial charge on any atom is -0.481 e. The van der Waals surface area contributed by atoms with Crippen LogP contribution in [0.1, 0.15) is 65.2 Å². The van der Waals surface area contributed by atoms with Gasteiger partial charge in [-0.3, -0.25) is 14.0 Å². The summed E-state index contributed by atoms with van der Waals surface area (Å²) < 4.78 is 7.77. The van der Waals surface area contributed by atoms with E-state index in [9.17, 15) is 19.5 Å². The molecule has 0 saturated heterocycles. The predicted molar refractivity (Wildman–Crippen MR) is 138 cm³/mol. The van der Waals surface area contributed by atoms with E-state index in [0.29, 0.717) is 22.4 Å². The molecule has 0 aliphatic heterocycles. The van der Waals surface area contributed by atoms with Gasteiger partial charge in [0.15, 0.2) is 6.10 Å². The van der Waals surface area contributed by atoms with Crippen LogP contribution in [-0.2, 0) is 20.7 Å². The molecule has 0 amide bonds. The number of aryl methyl sites for hydroxylation is 2. The van der Waals surface area contributed by atoms with Gasteiger partial charge in [-0.2, -0.15) is 0 Å². The van der Waals surface area contributed by atoms with Crippen LogP contribution < -0.4 is 0 Å². The van der Waals surface area contributed by atoms with Crippen LogP contribution in [0.25, 0.3) is 16.8 Å². The van der Waals surface area contributed by atoms with E-state index in [0.717, 1.165) is 29.7 Å². The number of carbonyl (C=O) groups excluding carboxylic acids is 1. The Bertz CT molecular complexity index is 1460. The molecule has 1 atom stereocenters. The number of nitrogens with zero attached hydrogens (tertiary/aromatic N) is 2. The summed E-state index contributed by atoms with van der Waals surface area (Å²) in [7, 11) is 0. The fraction of sp³-hybridized carbons (Fsp3) is 0.241. The number of rotatable bonds is 10. The van der Waals surface area contributed by atoms with Gasteiger partial charge < -0.3 is 14.9 Å². The second kappa shape index (κ2) is 11.1. The maximum Gasteiger partial charge on any atom is 0.336 e. The van der Waals surface area contributed by atoms with Crippen molar-refractivity contribution in [2.75, 3.05) is 0 Å². The zero-order chi connectivity index (χ0) is 26.5. The Labute approximate surface area is 214 Å². The second-order valence-electron chi connectivity index (χ2n) is 8.85. The molecular formula is C29H28N2O6. The predicted octanol–water partition coefficient (Wildman–Crippen LogP) is 5.46. The topological polar surface area (TPSA) is 118 Å². The van der Waals surface area contributed by atoms with Gasteiger partial charge in [-0.1, -0.05) is 61.9 Å². The monoisotopic (exact) mass is 500 g/mol. The van der Waals surface area contributed by atoms with Gasteiger partial charge in [0.05, 0.1) is 29.8 Å². The number of carbonyl (C=O) groups is 3. The van der Waals surface area contributed by atoms with Crippen molar-refractivity contribution in [3.63, 3.8) is 0 Å². The van der Waals surface area contributed by atoms with E-state index in [-0.39, 0.29) is 18.4 Å². The first-order valence-electron chi connectivity index (χ1n) is 12.1. The van der Waals surface area contributed by atoms with E-state index in [1.807, 2.05) is 29.7 Å². The fourth-order valence-corrected chi connectivity index (χ4v) is 4.32. The number of pyridine rings is 1. The molecule has 2 aromatic carbocycles. The molecule has 0 radical (unpaired) electrons. The Morgan fingerprint density at radius 3 is 2.38 bits per heavy atom. The molecule has 4 rings (SSSR count). The van der Waals surface area contributed by atoms with E-state index >= 15 is 0 Å². The number of carboxylic acid groups (broad SMARTS) is 2. The van der Waals surface area contributed by atoms with Crippen LogP contribution in [-0.4, -0.2) is 37.5 Å². The SMILES string of the molecule is CCCc1cn2c(C(OC(=O)CCC(=O)O)c3ccc(-c4ccccc4C(=O)O)cc3)ccc(C)c2n1. The summed E-state index contributed by atoms with van der Waals surface area (Å²) >= 11 is 0. The van der Waals surface area contributed by atoms with E-state index in [1.54, 1.807) is 48.5 Å². The summed E-state index contributed by atoms with van der Waals surface area (Å²) in [4.78, 5) is 40.1. The number of hydrogen-bond donors (Lipinski definition) is 2. The van der Waals surface area contributed by atoms with Gasteiger partial charge in [-0.25, -0.2) is 9.78 Å². The van der Waals surface area contributed by atoms with E-state index in [1.165, 1.54) is 0 Å². The molecule has 0 aliphatic rings. The highest BCUT2D eigenvalue weighted by Crippen LogP contribution is 2.31. The highest BCUT2D eigenvalue weighted by atomic mass is 16.5. The molecule has 8 nitrogen and oxygen atoms in total. The van der Waals surface area contributed by atoms with Crippen LogP contribution in [0.15, 0.2) is 66.9 Å². The van der Waals surface area contributed by atoms with Gasteiger partial charge in [-0.05, 0) is 47.7 Å². The van der Waals surface area contributed by atoms with Crippen LogP contribution in [0.4, 0.5) is 0 Å². The first-order valence-corrected chi connectivity index (χ1v) is 12.1. The van der Waals surface area contributed by atoms with Crippen molar-refractivity contribution >= 4 is 23.6 Å². The maximum atomic E-state index is 12.6. The third-order valence-electron chi connectivity index (χ3n) is 6.14. The van der Waals surface area contributed by atoms with Gasteiger partial charge >= 0.3 is 17.9 Å². The van der Waals surface area contributed by atoms with E-state index in [2.05, 4.69) is 6.92 Å². The molecule has 0 aliphatic carbocycles. The van der Waals surface area contributed by atoms with Crippen molar-refractivity contribution in [3.8, 4) is 11.1 Å². The number of hydrogen-bond acceptors (Lipinski definition) is 5. The molecule has 8 heteroatoms. The Morgan fingerprint density at radius 2 is 1.70 bits per heavy atom. The normalized spacial score (nSPS) is 11.8. The van der Waals surface area contributed by atoms with Crippen molar-refractivity contribution in [3.05, 3.63) is 94.9 Å². The third-order valence-corrected chi connectivity index (χ3v) is 6.14. The van der Waals surface area contributed by atoms with Crippen molar-refractivity contribution in [2.24, 2.45) is 0 Å². The van der Waals surface area contributed by atoms with Gasteiger partial charge in [0.2, 0.25) is 0 Å². The summed E-state index contributed by atoms with van der Waals surface area (Å²) in [5, 5.41) is 18.6. The molecule has 190 valence electrons. The lowest BCUT2D eigenvalue weighted by Crippen LogP contribution is -2.16. The Morgan fingerprint density at radius 1 is 0.973 bits per heavy atom. The van der Waals surface area contributed by atoms with Gasteiger partial charge in [0.1, 0.15) is 5.65 Å². The van der Waals surface area contributed by atoms with Gasteiger partial charge in [0, 0.05) is 6.20 Å². The molecule has 2 heterocycles. The summed E-state index contributed by atoms with van der Waals surface area (Å²) in [6, 6.07) is 17.7. The number of aromatic carboxylic acids is 1. The average molecular weight is 501 g/mol. The maximum absolute atomic E-state index is 12.6. The molecule has 2 aromatic heterocycles. The summed E-state index contributed by atoms with van der Waals surface area (Å²) in [5.74, 6) is -2.73. The molecule has 4 aromatic rings. The minimum atomic E-state index is -1.08. The Kier molecular flexibility index (Phi) is 7.67. The number of fused-ring (bicyclic) bond motifs is 1. The van der Waals surface area contributed by atoms with Crippen LogP contribution in [0.2, 0.25) is 0 Å². The Balaban J connectivity index is 1.77. The average Bonchev–Trinajstić information content (AvgIpc) is 3.32. The summed E-state index contributed by atoms with van der Waals surface area (Å²) in [6.07, 6.45) is 2.28. The molecule has 1 unspecified atom stereocenters. The molecule has 2 N–H and O–H groups in total. The first-order chi connectivity index (χ1) is 17.8. The number of imidazole rings is 1. The number of carboxylic acids is 2. The quantitative estimate of drug-likeness (QED) is 0.278. The molecule has 0 fully saturated rings. The van der Waals surface area contributed by atoms with Crippen LogP contribution in [0.5, 0.6) is 0 Å². The zero-order valence-corrected chi connectivity index (χ0v) is 20.7. The highest BCUT2D eigenvalue weighted by molar-refractivity contribution is 5.96. The lowest BCUT2D eigenvalue weighted by Gasteiger charge is -2.21. The van der Waals surface area contributed by atoms with Crippen LogP contribution in [0, 0.1) is 6.92 Å². The van der Waals surface area contributed by atoms with Crippen molar-refractivity contribution < 1.29 is 29.3 Å². The largest absolute Gasteiger partial charge is 0.481 e. The fourth-order valence-electron chi connectivity index (χ4n) is 4.32. The van der Waals surface area contributed by atoms with Crippen LogP contribution >= 0.6 is 0 Å². The number of esters is 1. The lowest BCUT2D eigenvalue weighted by atomic mass is 9.96. The summed E-state index contributed by atoms with van der Waals surface area (Å²) in [6.45, 7) is 4.04. The van der Waals surface area contributed by atoms with Crippen molar-refractivity contribution in [1.29, 1.82) is 0 Å². The zero-order valence-electron chi connectivity index (χ0n) is 20.7. The lowest BCUT2D eigenvalue weighted by molar-refractivity contribution is -0.150. The van der Waals surface area contributed by atoms with E-state index < -0.39 is 24.0 Å². The number of ether oxygens (including phenoxy) is 1. The molecule has 0 saturated carbocycles. The highest BCUT2D eigenvalue weighted by Gasteiger charge is 2.24. The molecule has 0 spiro atoms. The summed E-state index contributed by atoms with van der Waals surface area (Å²) in [5.41, 5.74) is 5.48. The van der Waals surface area contributed by atoms with Gasteiger partial charge in [-0.15, -0.1) is 0 Å². The number of benzene rings is 2. The van der Waals surface area contributed by atoms with Crippen molar-refractivity contribution in [1.82, 2.24) is 9.38 Å². The Hall–Kier alpha value is -4.46. The molecule has 37 heavy (non-hydrogen) atoms. The number of aliphatic carboxylic acids is 1. The first kappa shape index (κ1) is 25.6. The minimum absolute atomic E-state index is 0.189. The van der Waals surface area contributed by atoms with Crippen LogP contribution in [0.3, 0.4) is 0 Å². The second-order valence-corrected chi connectivity index (χ2v) is 8.85. The van der Waals surface area contributed by atoms with Gasteiger partial charge in [0.25, 0.3) is 0 Å².